The average Bonchev–Trinajstić information content (AvgIpc) is 3.41. The van der Waals surface area contributed by atoms with Gasteiger partial charge in [0, 0.05) is 19.7 Å². The number of aromatic nitrogens is 2. The number of nitrogens with zero attached hydrogens (tertiary/aromatic N) is 4. The molecule has 0 radical (unpaired) electrons. The Labute approximate surface area is 164 Å². The van der Waals surface area contributed by atoms with E-state index < -0.39 is 0 Å². The van der Waals surface area contributed by atoms with E-state index in [0.717, 1.165) is 5.56 Å². The summed E-state index contributed by atoms with van der Waals surface area (Å²) in [5.41, 5.74) is 1.58. The van der Waals surface area contributed by atoms with Gasteiger partial charge in [0.15, 0.2) is 24.0 Å². The normalized spacial score (nSPS) is 20.6. The van der Waals surface area contributed by atoms with E-state index in [2.05, 4.69) is 4.98 Å². The molecule has 2 aliphatic heterocycles. The van der Waals surface area contributed by atoms with Crippen LogP contribution in [0.4, 0.5) is 5.82 Å². The van der Waals surface area contributed by atoms with Crippen LogP contribution in [-0.4, -0.2) is 64.2 Å². The van der Waals surface area contributed by atoms with Crippen LogP contribution in [0.5, 0.6) is 6.01 Å². The van der Waals surface area contributed by atoms with Gasteiger partial charge >= 0.3 is 0 Å². The Morgan fingerprint density at radius 2 is 1.93 bits per heavy atom. The molecule has 4 rings (SSSR count). The third-order valence-electron chi connectivity index (χ3n) is 5.06. The van der Waals surface area contributed by atoms with E-state index in [1.54, 1.807) is 4.90 Å². The largest absolute Gasteiger partial charge is 0.465 e. The minimum Gasteiger partial charge on any atom is -0.465 e. The van der Waals surface area contributed by atoms with Crippen molar-refractivity contribution in [3.05, 3.63) is 41.6 Å². The van der Waals surface area contributed by atoms with E-state index in [-0.39, 0.29) is 25.0 Å². The Morgan fingerprint density at radius 3 is 2.61 bits per heavy atom. The first-order valence-corrected chi connectivity index (χ1v) is 9.80. The summed E-state index contributed by atoms with van der Waals surface area (Å²) in [6.45, 7) is 6.01. The molecule has 0 saturated carbocycles. The molecule has 2 atom stereocenters. The molecule has 28 heavy (non-hydrogen) atoms. The third kappa shape index (κ3) is 3.22. The van der Waals surface area contributed by atoms with Crippen LogP contribution < -0.4 is 9.64 Å². The van der Waals surface area contributed by atoms with Gasteiger partial charge in [-0.05, 0) is 25.8 Å². The van der Waals surface area contributed by atoms with Crippen molar-refractivity contribution in [1.82, 2.24) is 14.5 Å². The van der Waals surface area contributed by atoms with Gasteiger partial charge in [-0.1, -0.05) is 30.3 Å². The number of rotatable bonds is 8. The van der Waals surface area contributed by atoms with E-state index in [0.29, 0.717) is 50.2 Å². The summed E-state index contributed by atoms with van der Waals surface area (Å²) >= 11 is 0. The maximum Gasteiger partial charge on any atom is 0.299 e. The number of imidazole rings is 1. The number of aliphatic hydroxyl groups is 1. The summed E-state index contributed by atoms with van der Waals surface area (Å²) in [4.78, 5) is 21.9. The second-order valence-electron chi connectivity index (χ2n) is 6.85. The minimum absolute atomic E-state index is 0.0268. The number of anilines is 1. The first kappa shape index (κ1) is 18.8. The van der Waals surface area contributed by atoms with Crippen molar-refractivity contribution in [3.63, 3.8) is 0 Å². The van der Waals surface area contributed by atoms with Crippen LogP contribution in [0.15, 0.2) is 30.3 Å². The summed E-state index contributed by atoms with van der Waals surface area (Å²) in [6, 6.07) is 10.4. The highest BCUT2D eigenvalue weighted by Crippen LogP contribution is 2.41. The molecule has 1 aromatic carbocycles. The van der Waals surface area contributed by atoms with Crippen molar-refractivity contribution in [2.24, 2.45) is 0 Å². The third-order valence-corrected chi connectivity index (χ3v) is 5.06. The Balaban J connectivity index is 1.80. The van der Waals surface area contributed by atoms with Gasteiger partial charge in [-0.15, -0.1) is 0 Å². The summed E-state index contributed by atoms with van der Waals surface area (Å²) in [5.74, 6) is 0.465. The molecular formula is C20H26N4O4. The van der Waals surface area contributed by atoms with E-state index in [4.69, 9.17) is 9.47 Å². The van der Waals surface area contributed by atoms with E-state index in [1.165, 1.54) is 0 Å². The van der Waals surface area contributed by atoms with E-state index in [1.807, 2.05) is 53.6 Å². The fourth-order valence-electron chi connectivity index (χ4n) is 3.71. The second kappa shape index (κ2) is 7.81. The Kier molecular flexibility index (Phi) is 5.23. The van der Waals surface area contributed by atoms with E-state index in [9.17, 15) is 9.90 Å². The number of likely N-dealkylation sites (N-methyl/N-ethyl adjacent to an activating group) is 1. The van der Waals surface area contributed by atoms with Gasteiger partial charge < -0.3 is 24.4 Å². The number of hydrogen-bond acceptors (Lipinski definition) is 6. The molecule has 150 valence electrons. The van der Waals surface area contributed by atoms with Crippen molar-refractivity contribution in [1.29, 1.82) is 0 Å². The van der Waals surface area contributed by atoms with Crippen LogP contribution in [0, 0.1) is 0 Å². The average molecular weight is 386 g/mol. The van der Waals surface area contributed by atoms with Crippen LogP contribution in [0.25, 0.3) is 0 Å². The fraction of sp³-hybridized carbons (Fsp3) is 0.500. The lowest BCUT2D eigenvalue weighted by atomic mass is 10.2. The molecule has 1 fully saturated rings. The molecule has 0 bridgehead atoms. The SMILES string of the molecule is CCOc1nc2c(n1Cc1ccccc1)C(=O)N(CCCO)C1OC1N2CC. The summed E-state index contributed by atoms with van der Waals surface area (Å²) < 4.78 is 13.4. The zero-order chi connectivity index (χ0) is 19.7. The molecule has 8 nitrogen and oxygen atoms in total. The molecule has 8 heteroatoms. The molecule has 1 N–H and O–H groups in total. The number of fused-ring (bicyclic) bond motifs is 2. The Bertz CT molecular complexity index is 838. The zero-order valence-corrected chi connectivity index (χ0v) is 16.2. The number of benzene rings is 1. The van der Waals surface area contributed by atoms with Crippen LogP contribution in [0.1, 0.15) is 36.3 Å². The van der Waals surface area contributed by atoms with Gasteiger partial charge in [0.05, 0.1) is 13.2 Å². The molecule has 0 aliphatic carbocycles. The highest BCUT2D eigenvalue weighted by molar-refractivity contribution is 5.99. The van der Waals surface area contributed by atoms with Gasteiger partial charge in [-0.2, -0.15) is 4.98 Å². The molecule has 1 aromatic heterocycles. The van der Waals surface area contributed by atoms with Crippen molar-refractivity contribution in [2.45, 2.75) is 39.3 Å². The van der Waals surface area contributed by atoms with Gasteiger partial charge in [-0.25, -0.2) is 0 Å². The summed E-state index contributed by atoms with van der Waals surface area (Å²) in [6.07, 6.45) is 0.00244. The molecule has 2 aromatic rings. The first-order chi connectivity index (χ1) is 13.7. The standard InChI is InChI=1S/C20H26N4O4/c1-3-22-16-15(17(26)23(11-8-12-25)19-18(22)28-19)24(20(21-16)27-4-2)13-14-9-6-5-7-10-14/h5-7,9-10,18-19,25H,3-4,8,11-13H2,1-2H3. The number of aliphatic hydroxyl groups excluding tert-OH is 1. The lowest BCUT2D eigenvalue weighted by Gasteiger charge is -2.20. The maximum atomic E-state index is 13.5. The van der Waals surface area contributed by atoms with Crippen LogP contribution >= 0.6 is 0 Å². The van der Waals surface area contributed by atoms with E-state index >= 15 is 0 Å². The fourth-order valence-corrected chi connectivity index (χ4v) is 3.71. The summed E-state index contributed by atoms with van der Waals surface area (Å²) in [7, 11) is 0. The quantitative estimate of drug-likeness (QED) is 0.695. The highest BCUT2D eigenvalue weighted by Gasteiger charge is 2.54. The number of carbonyl (C=O) groups excluding carboxylic acids is 1. The Morgan fingerprint density at radius 1 is 1.18 bits per heavy atom. The molecule has 3 heterocycles. The zero-order valence-electron chi connectivity index (χ0n) is 16.2. The molecule has 1 amide bonds. The van der Waals surface area contributed by atoms with Crippen molar-refractivity contribution < 1.29 is 19.4 Å². The number of amides is 1. The van der Waals surface area contributed by atoms with Gasteiger partial charge in [0.2, 0.25) is 0 Å². The summed E-state index contributed by atoms with van der Waals surface area (Å²) in [5, 5.41) is 9.24. The van der Waals surface area contributed by atoms with Gasteiger partial charge in [0.1, 0.15) is 0 Å². The number of carbonyl (C=O) groups is 1. The number of hydrogen-bond donors (Lipinski definition) is 1. The topological polar surface area (TPSA) is 83.4 Å². The van der Waals surface area contributed by atoms with Crippen LogP contribution in [0.2, 0.25) is 0 Å². The lowest BCUT2D eigenvalue weighted by molar-refractivity contribution is 0.0644. The predicted octanol–water partition coefficient (Wildman–Crippen LogP) is 1.68. The first-order valence-electron chi connectivity index (χ1n) is 9.80. The monoisotopic (exact) mass is 386 g/mol. The highest BCUT2D eigenvalue weighted by atomic mass is 16.6. The predicted molar refractivity (Wildman–Crippen MR) is 103 cm³/mol. The Hall–Kier alpha value is -2.58. The molecule has 1 saturated heterocycles. The van der Waals surface area contributed by atoms with Crippen molar-refractivity contribution in [3.8, 4) is 6.01 Å². The maximum absolute atomic E-state index is 13.5. The van der Waals surface area contributed by atoms with Gasteiger partial charge in [-0.3, -0.25) is 9.36 Å². The molecule has 2 aliphatic rings. The number of epoxide rings is 1. The van der Waals surface area contributed by atoms with Crippen molar-refractivity contribution >= 4 is 11.7 Å². The minimum atomic E-state index is -0.297. The van der Waals surface area contributed by atoms with Crippen LogP contribution in [0.3, 0.4) is 0 Å². The molecule has 0 spiro atoms. The molecular weight excluding hydrogens is 360 g/mol. The lowest BCUT2D eigenvalue weighted by Crippen LogP contribution is -2.37. The van der Waals surface area contributed by atoms with Crippen molar-refractivity contribution in [2.75, 3.05) is 31.2 Å². The van der Waals surface area contributed by atoms with Crippen LogP contribution in [-0.2, 0) is 11.3 Å². The number of ether oxygens (including phenoxy) is 2. The van der Waals surface area contributed by atoms with Gasteiger partial charge in [0.25, 0.3) is 11.9 Å². The second-order valence-corrected chi connectivity index (χ2v) is 6.85. The smallest absolute Gasteiger partial charge is 0.299 e. The molecule has 2 unspecified atom stereocenters.